The summed E-state index contributed by atoms with van der Waals surface area (Å²) >= 11 is 6.11. The summed E-state index contributed by atoms with van der Waals surface area (Å²) in [4.78, 5) is 0. The Labute approximate surface area is 116 Å². The highest BCUT2D eigenvalue weighted by Crippen LogP contribution is 2.32. The summed E-state index contributed by atoms with van der Waals surface area (Å²) in [6.07, 6.45) is 4.79. The van der Waals surface area contributed by atoms with Gasteiger partial charge in [-0.3, -0.25) is 0 Å². The molecule has 0 amide bonds. The molecule has 1 rings (SSSR count). The van der Waals surface area contributed by atoms with Crippen molar-refractivity contribution >= 4 is 17.3 Å². The van der Waals surface area contributed by atoms with Crippen molar-refractivity contribution in [1.82, 2.24) is 0 Å². The second-order valence-corrected chi connectivity index (χ2v) is 5.10. The third kappa shape index (κ3) is 4.09. The summed E-state index contributed by atoms with van der Waals surface area (Å²) in [5, 5.41) is 4.32. The lowest BCUT2D eigenvalue weighted by molar-refractivity contribution is 0.415. The number of anilines is 1. The molecule has 2 nitrogen and oxygen atoms in total. The Hall–Kier alpha value is -0.890. The smallest absolute Gasteiger partial charge is 0.143 e. The number of hydrogen-bond donors (Lipinski definition) is 1. The van der Waals surface area contributed by atoms with Gasteiger partial charge in [-0.1, -0.05) is 38.3 Å². The van der Waals surface area contributed by atoms with Crippen molar-refractivity contribution in [3.05, 3.63) is 22.7 Å². The van der Waals surface area contributed by atoms with Crippen LogP contribution in [0.3, 0.4) is 0 Å². The maximum Gasteiger partial charge on any atom is 0.143 e. The fourth-order valence-electron chi connectivity index (χ4n) is 1.99. The van der Waals surface area contributed by atoms with Crippen LogP contribution in [0, 0.1) is 6.92 Å². The Kier molecular flexibility index (Phi) is 6.34. The van der Waals surface area contributed by atoms with Crippen molar-refractivity contribution in [3.8, 4) is 5.75 Å². The molecule has 1 aromatic rings. The van der Waals surface area contributed by atoms with E-state index in [-0.39, 0.29) is 0 Å². The Morgan fingerprint density at radius 3 is 2.61 bits per heavy atom. The molecular formula is C15H24ClNO. The third-order valence-electron chi connectivity index (χ3n) is 3.24. The number of rotatable bonds is 7. The van der Waals surface area contributed by atoms with Crippen LogP contribution in [0.25, 0.3) is 0 Å². The van der Waals surface area contributed by atoms with E-state index in [0.717, 1.165) is 28.4 Å². The van der Waals surface area contributed by atoms with E-state index in [1.165, 1.54) is 19.3 Å². The van der Waals surface area contributed by atoms with Crippen molar-refractivity contribution in [2.75, 3.05) is 12.4 Å². The predicted molar refractivity (Wildman–Crippen MR) is 80.0 cm³/mol. The quantitative estimate of drug-likeness (QED) is 0.749. The summed E-state index contributed by atoms with van der Waals surface area (Å²) in [7, 11) is 1.68. The highest BCUT2D eigenvalue weighted by molar-refractivity contribution is 6.31. The van der Waals surface area contributed by atoms with Gasteiger partial charge < -0.3 is 10.1 Å². The summed E-state index contributed by atoms with van der Waals surface area (Å²) in [6.45, 7) is 6.45. The van der Waals surface area contributed by atoms with Crippen LogP contribution in [-0.4, -0.2) is 13.2 Å². The normalized spacial score (nSPS) is 12.3. The monoisotopic (exact) mass is 269 g/mol. The molecule has 0 saturated carbocycles. The topological polar surface area (TPSA) is 21.3 Å². The van der Waals surface area contributed by atoms with Crippen LogP contribution in [-0.2, 0) is 0 Å². The average Bonchev–Trinajstić information content (AvgIpc) is 2.38. The minimum atomic E-state index is 0.499. The summed E-state index contributed by atoms with van der Waals surface area (Å²) in [5.41, 5.74) is 2.12. The van der Waals surface area contributed by atoms with Crippen LogP contribution in [0.2, 0.25) is 5.02 Å². The van der Waals surface area contributed by atoms with Crippen LogP contribution in [0.5, 0.6) is 5.75 Å². The Morgan fingerprint density at radius 1 is 1.33 bits per heavy atom. The standard InChI is InChI=1S/C15H24ClNO/c1-5-7-8-12(6-2)17-14-9-11(3)13(16)10-15(14)18-4/h9-10,12,17H,5-8H2,1-4H3. The van der Waals surface area contributed by atoms with Gasteiger partial charge in [-0.05, 0) is 31.4 Å². The lowest BCUT2D eigenvalue weighted by Gasteiger charge is -2.20. The van der Waals surface area contributed by atoms with E-state index in [1.54, 1.807) is 7.11 Å². The Balaban J connectivity index is 2.84. The number of benzene rings is 1. The lowest BCUT2D eigenvalue weighted by atomic mass is 10.1. The number of halogens is 1. The van der Waals surface area contributed by atoms with Gasteiger partial charge in [-0.25, -0.2) is 0 Å². The minimum Gasteiger partial charge on any atom is -0.495 e. The van der Waals surface area contributed by atoms with Gasteiger partial charge in [0, 0.05) is 17.1 Å². The maximum absolute atomic E-state index is 6.11. The molecule has 1 N–H and O–H groups in total. The lowest BCUT2D eigenvalue weighted by Crippen LogP contribution is -2.18. The first-order chi connectivity index (χ1) is 8.62. The zero-order valence-electron chi connectivity index (χ0n) is 11.8. The highest BCUT2D eigenvalue weighted by atomic mass is 35.5. The first-order valence-electron chi connectivity index (χ1n) is 6.73. The summed E-state index contributed by atoms with van der Waals surface area (Å²) in [5.74, 6) is 0.820. The van der Waals surface area contributed by atoms with E-state index < -0.39 is 0 Å². The number of ether oxygens (including phenoxy) is 1. The third-order valence-corrected chi connectivity index (χ3v) is 3.65. The van der Waals surface area contributed by atoms with Gasteiger partial charge in [0.15, 0.2) is 0 Å². The summed E-state index contributed by atoms with van der Waals surface area (Å²) < 4.78 is 5.38. The zero-order chi connectivity index (χ0) is 13.5. The number of aryl methyl sites for hydroxylation is 1. The van der Waals surface area contributed by atoms with Crippen molar-refractivity contribution in [2.24, 2.45) is 0 Å². The van der Waals surface area contributed by atoms with Gasteiger partial charge in [-0.15, -0.1) is 0 Å². The van der Waals surface area contributed by atoms with Gasteiger partial charge >= 0.3 is 0 Å². The second kappa shape index (κ2) is 7.52. The highest BCUT2D eigenvalue weighted by Gasteiger charge is 2.11. The van der Waals surface area contributed by atoms with Crippen molar-refractivity contribution in [2.45, 2.75) is 52.5 Å². The molecule has 0 aliphatic heterocycles. The van der Waals surface area contributed by atoms with E-state index in [4.69, 9.17) is 16.3 Å². The fourth-order valence-corrected chi connectivity index (χ4v) is 2.15. The van der Waals surface area contributed by atoms with Gasteiger partial charge in [0.1, 0.15) is 5.75 Å². The van der Waals surface area contributed by atoms with Gasteiger partial charge in [0.25, 0.3) is 0 Å². The van der Waals surface area contributed by atoms with E-state index in [1.807, 2.05) is 13.0 Å². The molecular weight excluding hydrogens is 246 g/mol. The van der Waals surface area contributed by atoms with Crippen molar-refractivity contribution < 1.29 is 4.74 Å². The van der Waals surface area contributed by atoms with Crippen LogP contribution in [0.15, 0.2) is 12.1 Å². The van der Waals surface area contributed by atoms with E-state index >= 15 is 0 Å². The Bertz CT molecular complexity index is 379. The molecule has 0 bridgehead atoms. The Morgan fingerprint density at radius 2 is 2.06 bits per heavy atom. The number of methoxy groups -OCH3 is 1. The molecule has 3 heteroatoms. The molecule has 0 fully saturated rings. The molecule has 0 aliphatic rings. The first-order valence-corrected chi connectivity index (χ1v) is 7.10. The van der Waals surface area contributed by atoms with Crippen LogP contribution in [0.1, 0.15) is 45.1 Å². The molecule has 18 heavy (non-hydrogen) atoms. The van der Waals surface area contributed by atoms with E-state index in [0.29, 0.717) is 6.04 Å². The molecule has 1 atom stereocenters. The number of hydrogen-bond acceptors (Lipinski definition) is 2. The molecule has 1 unspecified atom stereocenters. The van der Waals surface area contributed by atoms with Crippen LogP contribution >= 0.6 is 11.6 Å². The van der Waals surface area contributed by atoms with Crippen LogP contribution < -0.4 is 10.1 Å². The SMILES string of the molecule is CCCCC(CC)Nc1cc(C)c(Cl)cc1OC. The number of unbranched alkanes of at least 4 members (excludes halogenated alkanes) is 1. The molecule has 0 aromatic heterocycles. The van der Waals surface area contributed by atoms with Gasteiger partial charge in [0.05, 0.1) is 12.8 Å². The number of nitrogens with one attached hydrogen (secondary N) is 1. The average molecular weight is 270 g/mol. The molecule has 0 heterocycles. The van der Waals surface area contributed by atoms with Crippen molar-refractivity contribution in [3.63, 3.8) is 0 Å². The molecule has 0 radical (unpaired) electrons. The molecule has 1 aromatic carbocycles. The second-order valence-electron chi connectivity index (χ2n) is 4.69. The summed E-state index contributed by atoms with van der Waals surface area (Å²) in [6, 6.07) is 4.45. The molecule has 0 spiro atoms. The van der Waals surface area contributed by atoms with E-state index in [9.17, 15) is 0 Å². The zero-order valence-corrected chi connectivity index (χ0v) is 12.6. The fraction of sp³-hybridized carbons (Fsp3) is 0.600. The van der Waals surface area contributed by atoms with Crippen LogP contribution in [0.4, 0.5) is 5.69 Å². The predicted octanol–water partition coefficient (Wildman–Crippen LogP) is 5.04. The molecule has 0 saturated heterocycles. The first kappa shape index (κ1) is 15.2. The van der Waals surface area contributed by atoms with E-state index in [2.05, 4.69) is 25.2 Å². The minimum absolute atomic E-state index is 0.499. The molecule has 0 aliphatic carbocycles. The largest absolute Gasteiger partial charge is 0.495 e. The van der Waals surface area contributed by atoms with Crippen molar-refractivity contribution in [1.29, 1.82) is 0 Å². The van der Waals surface area contributed by atoms with Gasteiger partial charge in [-0.2, -0.15) is 0 Å². The molecule has 102 valence electrons. The maximum atomic E-state index is 6.11. The van der Waals surface area contributed by atoms with Gasteiger partial charge in [0.2, 0.25) is 0 Å².